The number of carboxylic acids is 1. The first-order valence-electron chi connectivity index (χ1n) is 9.09. The average molecular weight is 335 g/mol. The number of nitrogens with one attached hydrogen (secondary N) is 1. The molecule has 2 rings (SSSR count). The van der Waals surface area contributed by atoms with E-state index in [0.29, 0.717) is 17.1 Å². The van der Waals surface area contributed by atoms with E-state index in [0.717, 1.165) is 18.8 Å². The maximum absolute atomic E-state index is 11.7. The lowest BCUT2D eigenvalue weighted by atomic mass is 9.73. The van der Waals surface area contributed by atoms with Gasteiger partial charge < -0.3 is 10.4 Å². The van der Waals surface area contributed by atoms with Gasteiger partial charge in [0.1, 0.15) is 11.4 Å². The number of carboxylic acid groups (broad SMARTS) is 1. The molecule has 24 heavy (non-hydrogen) atoms. The molecule has 5 nitrogen and oxygen atoms in total. The number of rotatable bonds is 6. The van der Waals surface area contributed by atoms with E-state index in [9.17, 15) is 9.90 Å². The fourth-order valence-electron chi connectivity index (χ4n) is 3.63. The summed E-state index contributed by atoms with van der Waals surface area (Å²) in [6.07, 6.45) is 4.47. The van der Waals surface area contributed by atoms with Crippen molar-refractivity contribution in [3.63, 3.8) is 0 Å². The molecule has 0 saturated heterocycles. The summed E-state index contributed by atoms with van der Waals surface area (Å²) in [6.45, 7) is 15.2. The molecule has 0 bridgehead atoms. The highest BCUT2D eigenvalue weighted by Crippen LogP contribution is 2.42. The van der Waals surface area contributed by atoms with Gasteiger partial charge in [-0.05, 0) is 44.9 Å². The predicted molar refractivity (Wildman–Crippen MR) is 97.7 cm³/mol. The molecule has 0 fully saturated rings. The van der Waals surface area contributed by atoms with Gasteiger partial charge in [-0.25, -0.2) is 9.48 Å². The highest BCUT2D eigenvalue weighted by atomic mass is 16.4. The molecule has 2 unspecified atom stereocenters. The van der Waals surface area contributed by atoms with Crippen molar-refractivity contribution < 1.29 is 9.90 Å². The van der Waals surface area contributed by atoms with Gasteiger partial charge in [-0.3, -0.25) is 0 Å². The molecule has 2 N–H and O–H groups in total. The Kier molecular flexibility index (Phi) is 5.03. The van der Waals surface area contributed by atoms with E-state index in [-0.39, 0.29) is 17.0 Å². The van der Waals surface area contributed by atoms with Crippen LogP contribution in [-0.2, 0) is 5.54 Å². The zero-order valence-corrected chi connectivity index (χ0v) is 16.2. The van der Waals surface area contributed by atoms with Gasteiger partial charge in [0.2, 0.25) is 0 Å². The first-order chi connectivity index (χ1) is 11.0. The molecular formula is C19H33N3O2. The van der Waals surface area contributed by atoms with Gasteiger partial charge in [-0.2, -0.15) is 5.10 Å². The molecule has 1 aromatic heterocycles. The Morgan fingerprint density at radius 3 is 2.67 bits per heavy atom. The number of carbonyl (C=O) groups is 1. The van der Waals surface area contributed by atoms with Crippen molar-refractivity contribution in [3.05, 3.63) is 11.3 Å². The second kappa shape index (κ2) is 6.41. The summed E-state index contributed by atoms with van der Waals surface area (Å²) in [5, 5.41) is 17.6. The first kappa shape index (κ1) is 18.8. The van der Waals surface area contributed by atoms with Crippen molar-refractivity contribution in [2.75, 3.05) is 5.32 Å². The third-order valence-electron chi connectivity index (χ3n) is 5.78. The molecule has 2 heterocycles. The van der Waals surface area contributed by atoms with Crippen LogP contribution in [0.5, 0.6) is 0 Å². The van der Waals surface area contributed by atoms with E-state index in [4.69, 9.17) is 0 Å². The van der Waals surface area contributed by atoms with Gasteiger partial charge >= 0.3 is 5.97 Å². The Bertz CT molecular complexity index is 616. The molecule has 0 spiro atoms. The van der Waals surface area contributed by atoms with Gasteiger partial charge in [0.25, 0.3) is 0 Å². The lowest BCUT2D eigenvalue weighted by Crippen LogP contribution is -2.48. The fourth-order valence-corrected chi connectivity index (χ4v) is 3.63. The van der Waals surface area contributed by atoms with Crippen LogP contribution in [-0.4, -0.2) is 26.9 Å². The Balaban J connectivity index is 2.33. The van der Waals surface area contributed by atoms with Gasteiger partial charge in [-0.15, -0.1) is 0 Å². The summed E-state index contributed by atoms with van der Waals surface area (Å²) >= 11 is 0. The summed E-state index contributed by atoms with van der Waals surface area (Å²) in [4.78, 5) is 11.7. The average Bonchev–Trinajstić information content (AvgIpc) is 2.81. The van der Waals surface area contributed by atoms with Crippen LogP contribution >= 0.6 is 0 Å². The van der Waals surface area contributed by atoms with Crippen LogP contribution in [0, 0.1) is 18.3 Å². The number of nitrogens with zero attached hydrogens (tertiary/aromatic N) is 2. The van der Waals surface area contributed by atoms with Gasteiger partial charge in [-0.1, -0.05) is 40.5 Å². The van der Waals surface area contributed by atoms with Gasteiger partial charge in [0.05, 0.1) is 11.2 Å². The molecular weight excluding hydrogens is 302 g/mol. The zero-order chi connectivity index (χ0) is 18.3. The van der Waals surface area contributed by atoms with Crippen LogP contribution in [0.2, 0.25) is 0 Å². The van der Waals surface area contributed by atoms with E-state index >= 15 is 0 Å². The summed E-state index contributed by atoms with van der Waals surface area (Å²) in [5.41, 5.74) is 0.790. The van der Waals surface area contributed by atoms with E-state index in [2.05, 4.69) is 52.0 Å². The van der Waals surface area contributed by atoms with Gasteiger partial charge in [0.15, 0.2) is 0 Å². The number of fused-ring (bicyclic) bond motifs is 1. The first-order valence-corrected chi connectivity index (χ1v) is 9.09. The van der Waals surface area contributed by atoms with Gasteiger partial charge in [0, 0.05) is 6.04 Å². The van der Waals surface area contributed by atoms with Crippen LogP contribution in [0.1, 0.15) is 83.3 Å². The summed E-state index contributed by atoms with van der Waals surface area (Å²) < 4.78 is 1.87. The monoisotopic (exact) mass is 335 g/mol. The molecule has 1 aliphatic rings. The van der Waals surface area contributed by atoms with Crippen molar-refractivity contribution in [2.45, 2.75) is 85.7 Å². The van der Waals surface area contributed by atoms with Crippen molar-refractivity contribution in [3.8, 4) is 0 Å². The summed E-state index contributed by atoms with van der Waals surface area (Å²) in [6, 6.07) is 0.234. The second-order valence-electron chi connectivity index (χ2n) is 8.78. The fraction of sp³-hybridized carbons (Fsp3) is 0.789. The number of hydrogen-bond donors (Lipinski definition) is 2. The summed E-state index contributed by atoms with van der Waals surface area (Å²) in [7, 11) is 0. The van der Waals surface area contributed by atoms with Crippen LogP contribution in [0.4, 0.5) is 5.82 Å². The molecule has 0 saturated carbocycles. The minimum Gasteiger partial charge on any atom is -0.477 e. The Morgan fingerprint density at radius 1 is 1.50 bits per heavy atom. The van der Waals surface area contributed by atoms with Crippen molar-refractivity contribution >= 4 is 11.8 Å². The molecule has 0 aromatic carbocycles. The zero-order valence-electron chi connectivity index (χ0n) is 16.2. The third-order valence-corrected chi connectivity index (χ3v) is 5.78. The van der Waals surface area contributed by atoms with Crippen molar-refractivity contribution in [1.82, 2.24) is 9.78 Å². The second-order valence-corrected chi connectivity index (χ2v) is 8.78. The van der Waals surface area contributed by atoms with Crippen LogP contribution in [0.3, 0.4) is 0 Å². The number of aromatic nitrogens is 2. The molecule has 0 amide bonds. The maximum atomic E-state index is 11.7. The van der Waals surface area contributed by atoms with E-state index in [1.54, 1.807) is 6.92 Å². The molecule has 0 aliphatic carbocycles. The molecule has 5 heteroatoms. The lowest BCUT2D eigenvalue weighted by Gasteiger charge is -2.45. The van der Waals surface area contributed by atoms with Crippen LogP contribution in [0.25, 0.3) is 0 Å². The van der Waals surface area contributed by atoms with E-state index in [1.807, 2.05) is 4.68 Å². The Hall–Kier alpha value is -1.52. The topological polar surface area (TPSA) is 67.2 Å². The van der Waals surface area contributed by atoms with Crippen LogP contribution in [0.15, 0.2) is 0 Å². The standard InChI is InChI=1S/C19H33N3O2/c1-8-12(2)9-10-18(4,5)14-11-19(6,7)22-16(20-14)15(17(23)24)13(3)21-22/h12,14,20H,8-11H2,1-7H3,(H,23,24). The van der Waals surface area contributed by atoms with E-state index in [1.165, 1.54) is 12.8 Å². The molecule has 0 radical (unpaired) electrons. The molecule has 1 aliphatic heterocycles. The number of aryl methyl sites for hydroxylation is 1. The quantitative estimate of drug-likeness (QED) is 0.793. The minimum absolute atomic E-state index is 0.0971. The SMILES string of the molecule is CCC(C)CCC(C)(C)C1CC(C)(C)n2nc(C)c(C(=O)O)c2N1. The molecule has 2 atom stereocenters. The molecule has 136 valence electrons. The Labute approximate surface area is 145 Å². The number of anilines is 1. The van der Waals surface area contributed by atoms with E-state index < -0.39 is 5.97 Å². The Morgan fingerprint density at radius 2 is 2.12 bits per heavy atom. The summed E-state index contributed by atoms with van der Waals surface area (Å²) in [5.74, 6) is 0.483. The third kappa shape index (κ3) is 3.45. The predicted octanol–water partition coefficient (Wildman–Crippen LogP) is 4.66. The minimum atomic E-state index is -0.907. The van der Waals surface area contributed by atoms with Crippen molar-refractivity contribution in [1.29, 1.82) is 0 Å². The highest BCUT2D eigenvalue weighted by Gasteiger charge is 2.42. The molecule has 1 aromatic rings. The number of aromatic carboxylic acids is 1. The smallest absolute Gasteiger partial charge is 0.341 e. The number of hydrogen-bond acceptors (Lipinski definition) is 3. The largest absolute Gasteiger partial charge is 0.477 e. The van der Waals surface area contributed by atoms with Crippen LogP contribution < -0.4 is 5.32 Å². The maximum Gasteiger partial charge on any atom is 0.341 e. The normalized spacial score (nSPS) is 21.0. The lowest BCUT2D eigenvalue weighted by molar-refractivity contribution is 0.0696. The van der Waals surface area contributed by atoms with Crippen molar-refractivity contribution in [2.24, 2.45) is 11.3 Å². The highest BCUT2D eigenvalue weighted by molar-refractivity contribution is 5.94.